The highest BCUT2D eigenvalue weighted by Gasteiger charge is 2.04. The minimum Gasteiger partial charge on any atom is -0.381 e. The fraction of sp³-hybridized carbons (Fsp3) is 0.500. The zero-order valence-corrected chi connectivity index (χ0v) is 19.6. The third-order valence-electron chi connectivity index (χ3n) is 3.52. The van der Waals surface area contributed by atoms with Crippen molar-refractivity contribution >= 4 is 41.3 Å². The third-order valence-corrected chi connectivity index (χ3v) is 4.47. The number of ether oxygens (including phenoxy) is 1. The lowest BCUT2D eigenvalue weighted by Gasteiger charge is -2.11. The van der Waals surface area contributed by atoms with Gasteiger partial charge in [-0.25, -0.2) is 9.98 Å². The van der Waals surface area contributed by atoms with Gasteiger partial charge in [-0.2, -0.15) is 0 Å². The Morgan fingerprint density at radius 1 is 1.22 bits per heavy atom. The van der Waals surface area contributed by atoms with Gasteiger partial charge in [0.15, 0.2) is 5.96 Å². The van der Waals surface area contributed by atoms with Crippen molar-refractivity contribution in [3.63, 3.8) is 0 Å². The Balaban J connectivity index is 0.00000364. The smallest absolute Gasteiger partial charge is 0.191 e. The van der Waals surface area contributed by atoms with E-state index in [0.717, 1.165) is 54.9 Å². The van der Waals surface area contributed by atoms with Gasteiger partial charge in [-0.1, -0.05) is 44.2 Å². The molecule has 0 saturated carbocycles. The molecule has 0 bridgehead atoms. The summed E-state index contributed by atoms with van der Waals surface area (Å²) in [5.74, 6) is 1.41. The predicted octanol–water partition coefficient (Wildman–Crippen LogP) is 4.55. The minimum atomic E-state index is 0. The van der Waals surface area contributed by atoms with E-state index in [4.69, 9.17) is 4.74 Å². The number of hydrogen-bond donors (Lipinski definition) is 2. The normalized spacial score (nSPS) is 11.3. The van der Waals surface area contributed by atoms with Gasteiger partial charge in [0.05, 0.1) is 12.2 Å². The molecule has 0 unspecified atom stereocenters. The van der Waals surface area contributed by atoms with Crippen molar-refractivity contribution < 1.29 is 4.74 Å². The van der Waals surface area contributed by atoms with Crippen molar-refractivity contribution in [3.05, 3.63) is 41.4 Å². The fourth-order valence-corrected chi connectivity index (χ4v) is 3.11. The molecule has 0 spiro atoms. The molecule has 0 aliphatic heterocycles. The Kier molecular flexibility index (Phi) is 12.3. The molecule has 1 aromatic heterocycles. The maximum atomic E-state index is 5.60. The van der Waals surface area contributed by atoms with Gasteiger partial charge in [0.2, 0.25) is 0 Å². The summed E-state index contributed by atoms with van der Waals surface area (Å²) in [4.78, 5) is 9.32. The Labute approximate surface area is 184 Å². The summed E-state index contributed by atoms with van der Waals surface area (Å²) in [6.45, 7) is 10.2. The first-order valence-corrected chi connectivity index (χ1v) is 10.2. The highest BCUT2D eigenvalue weighted by molar-refractivity contribution is 14.0. The number of benzene rings is 1. The molecule has 0 atom stereocenters. The molecular weight excluding hydrogens is 471 g/mol. The minimum absolute atomic E-state index is 0. The second-order valence-corrected chi connectivity index (χ2v) is 7.31. The Hall–Kier alpha value is -1.19. The Bertz CT molecular complexity index is 661. The number of rotatable bonds is 10. The molecule has 0 radical (unpaired) electrons. The van der Waals surface area contributed by atoms with E-state index < -0.39 is 0 Å². The van der Waals surface area contributed by atoms with Crippen LogP contribution in [0.25, 0.3) is 10.6 Å². The van der Waals surface area contributed by atoms with Crippen molar-refractivity contribution in [2.75, 3.05) is 26.3 Å². The molecule has 150 valence electrons. The highest BCUT2D eigenvalue weighted by Crippen LogP contribution is 2.23. The number of aliphatic imine (C=N–C) groups is 1. The van der Waals surface area contributed by atoms with Crippen molar-refractivity contribution in [1.29, 1.82) is 0 Å². The van der Waals surface area contributed by atoms with Crippen molar-refractivity contribution in [1.82, 2.24) is 15.6 Å². The summed E-state index contributed by atoms with van der Waals surface area (Å²) in [6.07, 6.45) is 0.964. The standard InChI is InChI=1S/C20H30N4OS.HI/c1-4-21-20(22-11-8-12-25-14-16(2)3)23-13-18-15-26-19(24-18)17-9-6-5-7-10-17;/h5-7,9-10,15-16H,4,8,11-14H2,1-3H3,(H2,21,22,23);1H. The largest absolute Gasteiger partial charge is 0.381 e. The quantitative estimate of drug-likeness (QED) is 0.217. The zero-order valence-electron chi connectivity index (χ0n) is 16.4. The molecule has 0 fully saturated rings. The van der Waals surface area contributed by atoms with Crippen LogP contribution in [-0.4, -0.2) is 37.2 Å². The average Bonchev–Trinajstić information content (AvgIpc) is 3.12. The summed E-state index contributed by atoms with van der Waals surface area (Å²) >= 11 is 1.66. The number of hydrogen-bond acceptors (Lipinski definition) is 4. The topological polar surface area (TPSA) is 58.5 Å². The maximum Gasteiger partial charge on any atom is 0.191 e. The molecule has 2 N–H and O–H groups in total. The Morgan fingerprint density at radius 3 is 2.70 bits per heavy atom. The van der Waals surface area contributed by atoms with Gasteiger partial charge >= 0.3 is 0 Å². The van der Waals surface area contributed by atoms with Gasteiger partial charge in [-0.05, 0) is 19.3 Å². The van der Waals surface area contributed by atoms with Crippen LogP contribution in [0.3, 0.4) is 0 Å². The van der Waals surface area contributed by atoms with Gasteiger partial charge in [-0.15, -0.1) is 35.3 Å². The first kappa shape index (κ1) is 23.8. The molecule has 5 nitrogen and oxygen atoms in total. The molecule has 27 heavy (non-hydrogen) atoms. The van der Waals surface area contributed by atoms with E-state index in [0.29, 0.717) is 12.5 Å². The van der Waals surface area contributed by atoms with E-state index >= 15 is 0 Å². The van der Waals surface area contributed by atoms with Crippen LogP contribution in [0.2, 0.25) is 0 Å². The molecule has 2 rings (SSSR count). The maximum absolute atomic E-state index is 5.60. The molecule has 0 aliphatic rings. The van der Waals surface area contributed by atoms with Crippen LogP contribution in [0.1, 0.15) is 32.9 Å². The Morgan fingerprint density at radius 2 is 2.00 bits per heavy atom. The molecule has 7 heteroatoms. The molecule has 1 aromatic carbocycles. The predicted molar refractivity (Wildman–Crippen MR) is 126 cm³/mol. The number of guanidine groups is 1. The summed E-state index contributed by atoms with van der Waals surface area (Å²) in [5, 5.41) is 9.74. The number of thiazole rings is 1. The van der Waals surface area contributed by atoms with Crippen LogP contribution in [0.15, 0.2) is 40.7 Å². The van der Waals surface area contributed by atoms with Crippen molar-refractivity contribution in [2.24, 2.45) is 10.9 Å². The van der Waals surface area contributed by atoms with E-state index in [1.165, 1.54) is 0 Å². The van der Waals surface area contributed by atoms with Crippen LogP contribution in [-0.2, 0) is 11.3 Å². The lowest BCUT2D eigenvalue weighted by Crippen LogP contribution is -2.38. The molecule has 0 saturated heterocycles. The second kappa shape index (κ2) is 13.9. The van der Waals surface area contributed by atoms with E-state index in [1.807, 2.05) is 18.2 Å². The van der Waals surface area contributed by atoms with Crippen LogP contribution < -0.4 is 10.6 Å². The van der Waals surface area contributed by atoms with Gasteiger partial charge < -0.3 is 15.4 Å². The van der Waals surface area contributed by atoms with E-state index in [1.54, 1.807) is 11.3 Å². The van der Waals surface area contributed by atoms with Crippen LogP contribution in [0.5, 0.6) is 0 Å². The number of halogens is 1. The number of aromatic nitrogens is 1. The van der Waals surface area contributed by atoms with Gasteiger partial charge in [-0.3, -0.25) is 0 Å². The number of nitrogens with one attached hydrogen (secondary N) is 2. The first-order chi connectivity index (χ1) is 12.7. The number of nitrogens with zero attached hydrogens (tertiary/aromatic N) is 2. The lowest BCUT2D eigenvalue weighted by molar-refractivity contribution is 0.108. The SMILES string of the molecule is CCNC(=NCc1csc(-c2ccccc2)n1)NCCCOCC(C)C.I. The van der Waals surface area contributed by atoms with Crippen LogP contribution >= 0.6 is 35.3 Å². The summed E-state index contributed by atoms with van der Waals surface area (Å²) in [6, 6.07) is 10.3. The highest BCUT2D eigenvalue weighted by atomic mass is 127. The summed E-state index contributed by atoms with van der Waals surface area (Å²) in [5.41, 5.74) is 2.14. The van der Waals surface area contributed by atoms with Gasteiger partial charge in [0.1, 0.15) is 5.01 Å². The van der Waals surface area contributed by atoms with Crippen LogP contribution in [0.4, 0.5) is 0 Å². The van der Waals surface area contributed by atoms with Crippen molar-refractivity contribution in [3.8, 4) is 10.6 Å². The molecule has 1 heterocycles. The lowest BCUT2D eigenvalue weighted by atomic mass is 10.2. The van der Waals surface area contributed by atoms with Gasteiger partial charge in [0.25, 0.3) is 0 Å². The molecule has 0 aliphatic carbocycles. The van der Waals surface area contributed by atoms with Gasteiger partial charge in [0, 0.05) is 37.2 Å². The second-order valence-electron chi connectivity index (χ2n) is 6.45. The zero-order chi connectivity index (χ0) is 18.6. The van der Waals surface area contributed by atoms with E-state index in [2.05, 4.69) is 58.9 Å². The average molecular weight is 502 g/mol. The summed E-state index contributed by atoms with van der Waals surface area (Å²) < 4.78 is 5.60. The summed E-state index contributed by atoms with van der Waals surface area (Å²) in [7, 11) is 0. The molecular formula is C20H31IN4OS. The molecule has 0 amide bonds. The third kappa shape index (κ3) is 9.53. The fourth-order valence-electron chi connectivity index (χ4n) is 2.29. The van der Waals surface area contributed by atoms with Crippen LogP contribution in [0, 0.1) is 5.92 Å². The van der Waals surface area contributed by atoms with E-state index in [9.17, 15) is 0 Å². The first-order valence-electron chi connectivity index (χ1n) is 9.28. The van der Waals surface area contributed by atoms with E-state index in [-0.39, 0.29) is 24.0 Å². The monoisotopic (exact) mass is 502 g/mol. The molecule has 2 aromatic rings. The van der Waals surface area contributed by atoms with Crippen molar-refractivity contribution in [2.45, 2.75) is 33.7 Å².